The molecule has 2 fully saturated rings. The van der Waals surface area contributed by atoms with Crippen LogP contribution in [-0.4, -0.2) is 64.1 Å². The Hall–Kier alpha value is -2.48. The molecule has 0 atom stereocenters. The zero-order valence-electron chi connectivity index (χ0n) is 16.8. The third-order valence-electron chi connectivity index (χ3n) is 5.35. The zero-order valence-corrected chi connectivity index (χ0v) is 18.4. The van der Waals surface area contributed by atoms with Gasteiger partial charge in [-0.1, -0.05) is 66.4 Å². The summed E-state index contributed by atoms with van der Waals surface area (Å²) in [5.41, 5.74) is 2.85. The third kappa shape index (κ3) is 4.64. The van der Waals surface area contributed by atoms with E-state index in [1.54, 1.807) is 7.05 Å². The number of carbonyl (C=O) groups is 2. The van der Waals surface area contributed by atoms with Gasteiger partial charge in [0.05, 0.1) is 4.91 Å². The lowest BCUT2D eigenvalue weighted by molar-refractivity contribution is -0.121. The van der Waals surface area contributed by atoms with E-state index in [1.165, 1.54) is 22.2 Å². The van der Waals surface area contributed by atoms with Crippen LogP contribution in [0.3, 0.4) is 0 Å². The van der Waals surface area contributed by atoms with Crippen LogP contribution in [0.4, 0.5) is 0 Å². The molecule has 154 valence electrons. The molecule has 2 saturated heterocycles. The van der Waals surface area contributed by atoms with Gasteiger partial charge in [0.25, 0.3) is 11.8 Å². The van der Waals surface area contributed by atoms with Gasteiger partial charge < -0.3 is 4.90 Å². The topological polar surface area (TPSA) is 43.9 Å². The van der Waals surface area contributed by atoms with Crippen molar-refractivity contribution in [3.8, 4) is 0 Å². The van der Waals surface area contributed by atoms with Gasteiger partial charge in [-0.05, 0) is 29.3 Å². The Morgan fingerprint density at radius 3 is 2.30 bits per heavy atom. The normalized spacial score (nSPS) is 19.0. The number of hydrogen-bond donors (Lipinski definition) is 0. The highest BCUT2D eigenvalue weighted by Gasteiger charge is 2.28. The van der Waals surface area contributed by atoms with Crippen LogP contribution in [0.15, 0.2) is 59.5 Å². The highest BCUT2D eigenvalue weighted by molar-refractivity contribution is 8.26. The van der Waals surface area contributed by atoms with Crippen molar-refractivity contribution < 1.29 is 9.59 Å². The quantitative estimate of drug-likeness (QED) is 0.541. The fraction of sp³-hybridized carbons (Fsp3) is 0.261. The number of rotatable bonds is 4. The van der Waals surface area contributed by atoms with E-state index in [9.17, 15) is 9.59 Å². The maximum atomic E-state index is 12.9. The van der Waals surface area contributed by atoms with Crippen LogP contribution in [0.25, 0.3) is 6.08 Å². The van der Waals surface area contributed by atoms with E-state index < -0.39 is 0 Å². The van der Waals surface area contributed by atoms with Gasteiger partial charge in [-0.3, -0.25) is 19.4 Å². The van der Waals surface area contributed by atoms with Crippen LogP contribution < -0.4 is 0 Å². The second-order valence-electron chi connectivity index (χ2n) is 7.42. The van der Waals surface area contributed by atoms with E-state index in [2.05, 4.69) is 29.2 Å². The number of carbonyl (C=O) groups excluding carboxylic acids is 2. The lowest BCUT2D eigenvalue weighted by atomic mass is 10.1. The van der Waals surface area contributed by atoms with E-state index in [-0.39, 0.29) is 11.8 Å². The van der Waals surface area contributed by atoms with Crippen molar-refractivity contribution >= 4 is 46.2 Å². The van der Waals surface area contributed by atoms with Crippen LogP contribution in [0.2, 0.25) is 0 Å². The molecule has 0 aliphatic carbocycles. The van der Waals surface area contributed by atoms with Gasteiger partial charge in [-0.2, -0.15) is 0 Å². The van der Waals surface area contributed by atoms with Gasteiger partial charge in [0, 0.05) is 45.3 Å². The monoisotopic (exact) mass is 437 g/mol. The molecular formula is C23H23N3O2S2. The largest absolute Gasteiger partial charge is 0.336 e. The number of hydrogen-bond acceptors (Lipinski definition) is 5. The Bertz CT molecular complexity index is 981. The maximum Gasteiger partial charge on any atom is 0.265 e. The van der Waals surface area contributed by atoms with Gasteiger partial charge in [0.1, 0.15) is 4.32 Å². The van der Waals surface area contributed by atoms with Crippen molar-refractivity contribution in [3.63, 3.8) is 0 Å². The fourth-order valence-electron chi connectivity index (χ4n) is 3.55. The first-order chi connectivity index (χ1) is 14.5. The molecule has 0 aromatic heterocycles. The Morgan fingerprint density at radius 1 is 1.03 bits per heavy atom. The Balaban J connectivity index is 1.34. The van der Waals surface area contributed by atoms with Crippen LogP contribution in [0.5, 0.6) is 0 Å². The van der Waals surface area contributed by atoms with E-state index in [1.807, 2.05) is 41.3 Å². The van der Waals surface area contributed by atoms with Crippen LogP contribution in [-0.2, 0) is 11.3 Å². The second-order valence-corrected chi connectivity index (χ2v) is 9.09. The molecule has 2 heterocycles. The first kappa shape index (κ1) is 20.8. The summed E-state index contributed by atoms with van der Waals surface area (Å²) in [6, 6.07) is 17.8. The fourth-order valence-corrected chi connectivity index (χ4v) is 4.73. The molecule has 30 heavy (non-hydrogen) atoms. The number of thiocarbonyl (C=S) groups is 1. The van der Waals surface area contributed by atoms with Gasteiger partial charge in [0.15, 0.2) is 0 Å². The first-order valence-corrected chi connectivity index (χ1v) is 11.1. The summed E-state index contributed by atoms with van der Waals surface area (Å²) in [5, 5.41) is 0. The highest BCUT2D eigenvalue weighted by atomic mass is 32.2. The van der Waals surface area contributed by atoms with E-state index >= 15 is 0 Å². The second kappa shape index (κ2) is 9.12. The van der Waals surface area contributed by atoms with E-state index in [0.717, 1.165) is 38.3 Å². The Morgan fingerprint density at radius 2 is 1.70 bits per heavy atom. The number of benzene rings is 2. The average Bonchev–Trinajstić information content (AvgIpc) is 3.01. The molecule has 7 heteroatoms. The molecule has 0 radical (unpaired) electrons. The first-order valence-electron chi connectivity index (χ1n) is 9.88. The average molecular weight is 438 g/mol. The van der Waals surface area contributed by atoms with Crippen molar-refractivity contribution in [3.05, 3.63) is 76.2 Å². The Labute approximate surface area is 186 Å². The molecule has 0 N–H and O–H groups in total. The molecule has 4 rings (SSSR count). The number of piperazine rings is 1. The number of amides is 2. The third-order valence-corrected chi connectivity index (χ3v) is 6.84. The molecule has 2 aromatic rings. The summed E-state index contributed by atoms with van der Waals surface area (Å²) in [6.45, 7) is 4.12. The van der Waals surface area contributed by atoms with Crippen molar-refractivity contribution in [2.45, 2.75) is 6.54 Å². The van der Waals surface area contributed by atoms with Crippen LogP contribution >= 0.6 is 24.0 Å². The summed E-state index contributed by atoms with van der Waals surface area (Å²) in [7, 11) is 1.68. The van der Waals surface area contributed by atoms with Gasteiger partial charge >= 0.3 is 0 Å². The summed E-state index contributed by atoms with van der Waals surface area (Å²) >= 11 is 6.46. The smallest absolute Gasteiger partial charge is 0.265 e. The summed E-state index contributed by atoms with van der Waals surface area (Å²) < 4.78 is 0.560. The van der Waals surface area contributed by atoms with Crippen molar-refractivity contribution in [1.82, 2.24) is 14.7 Å². The number of nitrogens with zero attached hydrogens (tertiary/aromatic N) is 3. The highest BCUT2D eigenvalue weighted by Crippen LogP contribution is 2.31. The summed E-state index contributed by atoms with van der Waals surface area (Å²) in [4.78, 5) is 31.4. The van der Waals surface area contributed by atoms with E-state index in [4.69, 9.17) is 12.2 Å². The Kier molecular flexibility index (Phi) is 6.32. The van der Waals surface area contributed by atoms with Crippen molar-refractivity contribution in [1.29, 1.82) is 0 Å². The molecular weight excluding hydrogens is 414 g/mol. The molecule has 0 bridgehead atoms. The minimum absolute atomic E-state index is 0.0563. The van der Waals surface area contributed by atoms with Crippen molar-refractivity contribution in [2.24, 2.45) is 0 Å². The standard InChI is InChI=1S/C23H23N3O2S2/c1-24-22(28)20(30-23(24)29)15-17-7-9-19(10-8-17)21(27)26-13-11-25(12-14-26)16-18-5-3-2-4-6-18/h2-10,15H,11-14,16H2,1H3. The molecule has 0 spiro atoms. The summed E-state index contributed by atoms with van der Waals surface area (Å²) in [6.07, 6.45) is 1.82. The minimum Gasteiger partial charge on any atom is -0.336 e. The SMILES string of the molecule is CN1C(=O)C(=Cc2ccc(C(=O)N3CCN(Cc4ccccc4)CC3)cc2)SC1=S. The van der Waals surface area contributed by atoms with Crippen LogP contribution in [0.1, 0.15) is 21.5 Å². The molecule has 2 aliphatic rings. The zero-order chi connectivity index (χ0) is 21.1. The van der Waals surface area contributed by atoms with Gasteiger partial charge in [-0.15, -0.1) is 0 Å². The predicted octanol–water partition coefficient (Wildman–Crippen LogP) is 3.48. The number of thioether (sulfide) groups is 1. The van der Waals surface area contributed by atoms with Crippen molar-refractivity contribution in [2.75, 3.05) is 33.2 Å². The van der Waals surface area contributed by atoms with E-state index in [0.29, 0.717) is 14.8 Å². The van der Waals surface area contributed by atoms with Gasteiger partial charge in [0.2, 0.25) is 0 Å². The minimum atomic E-state index is -0.0847. The van der Waals surface area contributed by atoms with Crippen LogP contribution in [0, 0.1) is 0 Å². The molecule has 0 saturated carbocycles. The molecule has 2 amide bonds. The lowest BCUT2D eigenvalue weighted by Crippen LogP contribution is -2.48. The van der Waals surface area contributed by atoms with Gasteiger partial charge in [-0.25, -0.2) is 0 Å². The predicted molar refractivity (Wildman–Crippen MR) is 125 cm³/mol. The molecule has 5 nitrogen and oxygen atoms in total. The summed E-state index contributed by atoms with van der Waals surface area (Å²) in [5.74, 6) is -0.0284. The molecule has 0 unspecified atom stereocenters. The maximum absolute atomic E-state index is 12.9. The molecule has 2 aliphatic heterocycles. The lowest BCUT2D eigenvalue weighted by Gasteiger charge is -2.34. The molecule has 2 aromatic carbocycles. The number of likely N-dealkylation sites (N-methyl/N-ethyl adjacent to an activating group) is 1.